The average Bonchev–Trinajstić information content (AvgIpc) is 2.57. The molecule has 0 fully saturated rings. The van der Waals surface area contributed by atoms with E-state index in [0.717, 1.165) is 23.4 Å². The van der Waals surface area contributed by atoms with E-state index in [4.69, 9.17) is 0 Å². The molecule has 0 bridgehead atoms. The first-order valence-electron chi connectivity index (χ1n) is 6.10. The van der Waals surface area contributed by atoms with Gasteiger partial charge in [-0.3, -0.25) is 0 Å². The molecule has 0 aliphatic rings. The Morgan fingerprint density at radius 1 is 1.24 bits per heavy atom. The zero-order chi connectivity index (χ0) is 12.6. The zero-order valence-electron chi connectivity index (χ0n) is 11.0. The Balaban J connectivity index is 2.65. The Morgan fingerprint density at radius 2 is 1.88 bits per heavy atom. The first kappa shape index (κ1) is 12.1. The number of aromatic nitrogens is 2. The number of aryl methyl sites for hydroxylation is 2. The molecule has 0 saturated heterocycles. The van der Waals surface area contributed by atoms with Crippen molar-refractivity contribution in [2.75, 3.05) is 0 Å². The minimum atomic E-state index is -0.000501. The highest BCUT2D eigenvalue weighted by Gasteiger charge is 2.12. The van der Waals surface area contributed by atoms with E-state index in [-0.39, 0.29) is 6.61 Å². The summed E-state index contributed by atoms with van der Waals surface area (Å²) in [6, 6.07) is 4.26. The summed E-state index contributed by atoms with van der Waals surface area (Å²) in [4.78, 5) is 4.50. The predicted molar refractivity (Wildman–Crippen MR) is 70.0 cm³/mol. The summed E-state index contributed by atoms with van der Waals surface area (Å²) in [5, 5.41) is 9.39. The number of hydrogen-bond donors (Lipinski definition) is 1. The van der Waals surface area contributed by atoms with E-state index in [1.54, 1.807) is 0 Å². The monoisotopic (exact) mass is 232 g/mol. The van der Waals surface area contributed by atoms with Gasteiger partial charge in [0.25, 0.3) is 0 Å². The summed E-state index contributed by atoms with van der Waals surface area (Å²) in [5.74, 6) is 1.30. The van der Waals surface area contributed by atoms with Crippen molar-refractivity contribution in [1.82, 2.24) is 9.55 Å². The minimum absolute atomic E-state index is 0.000501. The van der Waals surface area contributed by atoms with Crippen LogP contribution in [0.25, 0.3) is 11.0 Å². The Kier molecular flexibility index (Phi) is 3.20. The topological polar surface area (TPSA) is 38.1 Å². The molecule has 17 heavy (non-hydrogen) atoms. The third-order valence-corrected chi connectivity index (χ3v) is 3.13. The van der Waals surface area contributed by atoms with Crippen LogP contribution in [0.1, 0.15) is 30.8 Å². The van der Waals surface area contributed by atoms with Gasteiger partial charge in [0.15, 0.2) is 0 Å². The van der Waals surface area contributed by atoms with E-state index in [1.807, 2.05) is 0 Å². The number of imidazole rings is 1. The van der Waals surface area contributed by atoms with Gasteiger partial charge in [-0.15, -0.1) is 0 Å². The molecule has 1 aromatic carbocycles. The van der Waals surface area contributed by atoms with Crippen LogP contribution in [0.3, 0.4) is 0 Å². The fourth-order valence-corrected chi connectivity index (χ4v) is 2.12. The summed E-state index contributed by atoms with van der Waals surface area (Å²) in [7, 11) is 0. The van der Waals surface area contributed by atoms with Crippen molar-refractivity contribution in [1.29, 1.82) is 0 Å². The van der Waals surface area contributed by atoms with Crippen LogP contribution in [-0.4, -0.2) is 14.7 Å². The molecule has 0 spiro atoms. The second-order valence-corrected chi connectivity index (χ2v) is 5.12. The molecule has 0 aliphatic carbocycles. The maximum atomic E-state index is 9.39. The van der Waals surface area contributed by atoms with Crippen molar-refractivity contribution >= 4 is 11.0 Å². The normalized spacial score (nSPS) is 11.6. The third-order valence-electron chi connectivity index (χ3n) is 3.13. The molecule has 0 atom stereocenters. The molecule has 1 N–H and O–H groups in total. The smallest absolute Gasteiger partial charge is 0.135 e. The lowest BCUT2D eigenvalue weighted by molar-refractivity contribution is 0.263. The van der Waals surface area contributed by atoms with Gasteiger partial charge in [0.05, 0.1) is 11.0 Å². The molecule has 0 radical (unpaired) electrons. The van der Waals surface area contributed by atoms with E-state index in [2.05, 4.69) is 49.4 Å². The Hall–Kier alpha value is -1.35. The van der Waals surface area contributed by atoms with Crippen molar-refractivity contribution in [3.63, 3.8) is 0 Å². The first-order chi connectivity index (χ1) is 8.02. The van der Waals surface area contributed by atoms with E-state index in [1.165, 1.54) is 11.1 Å². The van der Waals surface area contributed by atoms with Crippen LogP contribution in [0.2, 0.25) is 0 Å². The maximum Gasteiger partial charge on any atom is 0.135 e. The third kappa shape index (κ3) is 2.20. The van der Waals surface area contributed by atoms with Gasteiger partial charge < -0.3 is 9.67 Å². The lowest BCUT2D eigenvalue weighted by Gasteiger charge is -2.11. The second-order valence-electron chi connectivity index (χ2n) is 5.12. The van der Waals surface area contributed by atoms with Crippen molar-refractivity contribution in [3.8, 4) is 0 Å². The summed E-state index contributed by atoms with van der Waals surface area (Å²) in [5.41, 5.74) is 4.63. The van der Waals surface area contributed by atoms with Gasteiger partial charge in [0, 0.05) is 6.54 Å². The lowest BCUT2D eigenvalue weighted by atomic mass is 10.1. The number of fused-ring (bicyclic) bond motifs is 1. The predicted octanol–water partition coefficient (Wildman–Crippen LogP) is 2.80. The van der Waals surface area contributed by atoms with Crippen LogP contribution in [0.5, 0.6) is 0 Å². The molecule has 2 rings (SSSR count). The van der Waals surface area contributed by atoms with E-state index in [9.17, 15) is 5.11 Å². The number of nitrogens with zero attached hydrogens (tertiary/aromatic N) is 2. The molecule has 0 saturated carbocycles. The fraction of sp³-hybridized carbons (Fsp3) is 0.500. The highest BCUT2D eigenvalue weighted by atomic mass is 16.3. The number of hydrogen-bond acceptors (Lipinski definition) is 2. The second kappa shape index (κ2) is 4.49. The van der Waals surface area contributed by atoms with Gasteiger partial charge in [-0.2, -0.15) is 0 Å². The molecule has 0 unspecified atom stereocenters. The first-order valence-corrected chi connectivity index (χ1v) is 6.10. The SMILES string of the molecule is Cc1cc2nc(CO)n(CC(C)C)c2cc1C. The van der Waals surface area contributed by atoms with Gasteiger partial charge in [0.2, 0.25) is 0 Å². The van der Waals surface area contributed by atoms with Gasteiger partial charge in [-0.05, 0) is 43.0 Å². The Labute approximate surface area is 102 Å². The Morgan fingerprint density at radius 3 is 2.47 bits per heavy atom. The number of aliphatic hydroxyl groups is 1. The number of aliphatic hydroxyl groups excluding tert-OH is 1. The minimum Gasteiger partial charge on any atom is -0.388 e. The summed E-state index contributed by atoms with van der Waals surface area (Å²) < 4.78 is 2.13. The van der Waals surface area contributed by atoms with Crippen LogP contribution in [0.15, 0.2) is 12.1 Å². The molecule has 92 valence electrons. The van der Waals surface area contributed by atoms with Crippen LogP contribution in [-0.2, 0) is 13.2 Å². The van der Waals surface area contributed by atoms with E-state index in [0.29, 0.717) is 5.92 Å². The largest absolute Gasteiger partial charge is 0.388 e. The molecular formula is C14H20N2O. The van der Waals surface area contributed by atoms with Gasteiger partial charge in [-0.25, -0.2) is 4.98 Å². The maximum absolute atomic E-state index is 9.39. The zero-order valence-corrected chi connectivity index (χ0v) is 11.0. The van der Waals surface area contributed by atoms with Crippen LogP contribution < -0.4 is 0 Å². The fourth-order valence-electron chi connectivity index (χ4n) is 2.12. The summed E-state index contributed by atoms with van der Waals surface area (Å²) in [6.07, 6.45) is 0. The summed E-state index contributed by atoms with van der Waals surface area (Å²) >= 11 is 0. The van der Waals surface area contributed by atoms with Crippen molar-refractivity contribution in [2.24, 2.45) is 5.92 Å². The van der Waals surface area contributed by atoms with E-state index >= 15 is 0 Å². The molecule has 0 amide bonds. The lowest BCUT2D eigenvalue weighted by Crippen LogP contribution is -2.08. The van der Waals surface area contributed by atoms with Gasteiger partial charge in [0.1, 0.15) is 12.4 Å². The molecule has 2 aromatic rings. The Bertz CT molecular complexity index is 541. The van der Waals surface area contributed by atoms with Crippen LogP contribution >= 0.6 is 0 Å². The van der Waals surface area contributed by atoms with Gasteiger partial charge >= 0.3 is 0 Å². The highest BCUT2D eigenvalue weighted by molar-refractivity contribution is 5.78. The molecule has 0 aliphatic heterocycles. The van der Waals surface area contributed by atoms with Gasteiger partial charge in [-0.1, -0.05) is 13.8 Å². The molecule has 3 nitrogen and oxygen atoms in total. The standard InChI is InChI=1S/C14H20N2O/c1-9(2)7-16-13-6-11(4)10(3)5-12(13)15-14(16)8-17/h5-6,9,17H,7-8H2,1-4H3. The summed E-state index contributed by atoms with van der Waals surface area (Å²) in [6.45, 7) is 9.45. The van der Waals surface area contributed by atoms with Crippen molar-refractivity contribution < 1.29 is 5.11 Å². The van der Waals surface area contributed by atoms with Crippen LogP contribution in [0, 0.1) is 19.8 Å². The van der Waals surface area contributed by atoms with Crippen molar-refractivity contribution in [2.45, 2.75) is 40.8 Å². The molecular weight excluding hydrogens is 212 g/mol. The average molecular weight is 232 g/mol. The van der Waals surface area contributed by atoms with Crippen LogP contribution in [0.4, 0.5) is 0 Å². The van der Waals surface area contributed by atoms with E-state index < -0.39 is 0 Å². The van der Waals surface area contributed by atoms with Crippen molar-refractivity contribution in [3.05, 3.63) is 29.1 Å². The number of rotatable bonds is 3. The highest BCUT2D eigenvalue weighted by Crippen LogP contribution is 2.22. The number of benzene rings is 1. The quantitative estimate of drug-likeness (QED) is 0.883. The molecule has 1 heterocycles. The molecule has 3 heteroatoms. The molecule has 1 aromatic heterocycles.